The van der Waals surface area contributed by atoms with Crippen molar-refractivity contribution in [1.29, 1.82) is 0 Å². The van der Waals surface area contributed by atoms with Crippen LogP contribution in [0.25, 0.3) is 0 Å². The van der Waals surface area contributed by atoms with Gasteiger partial charge in [-0.2, -0.15) is 18.3 Å². The van der Waals surface area contributed by atoms with Crippen molar-refractivity contribution in [2.75, 3.05) is 26.2 Å². The quantitative estimate of drug-likeness (QED) is 0.808. The molecule has 0 radical (unpaired) electrons. The molecule has 3 aliphatic rings. The Kier molecular flexibility index (Phi) is 4.98. The molecule has 3 amide bonds. The van der Waals surface area contributed by atoms with Crippen LogP contribution in [0.3, 0.4) is 0 Å². The minimum atomic E-state index is -4.40. The SMILES string of the molecule is Cn1nc(CC2CCN(C(=O)N3CC4(CCCC(=O)N4)C3)CC2)cc1C(F)(F)F. The van der Waals surface area contributed by atoms with Gasteiger partial charge in [0.1, 0.15) is 5.69 Å². The first-order valence-corrected chi connectivity index (χ1v) is 10.1. The van der Waals surface area contributed by atoms with Crippen molar-refractivity contribution in [2.24, 2.45) is 13.0 Å². The number of nitrogens with zero attached hydrogens (tertiary/aromatic N) is 4. The molecule has 1 N–H and O–H groups in total. The lowest BCUT2D eigenvalue weighted by atomic mass is 9.81. The third-order valence-electron chi connectivity index (χ3n) is 6.33. The molecule has 4 heterocycles. The number of amides is 3. The molecular weight excluding hydrogens is 387 g/mol. The van der Waals surface area contributed by atoms with Gasteiger partial charge < -0.3 is 15.1 Å². The van der Waals surface area contributed by atoms with Crippen molar-refractivity contribution in [1.82, 2.24) is 24.9 Å². The van der Waals surface area contributed by atoms with Crippen molar-refractivity contribution in [2.45, 2.75) is 50.2 Å². The average molecular weight is 413 g/mol. The van der Waals surface area contributed by atoms with Crippen LogP contribution < -0.4 is 5.32 Å². The zero-order chi connectivity index (χ0) is 20.8. The van der Waals surface area contributed by atoms with E-state index in [0.717, 1.165) is 36.4 Å². The van der Waals surface area contributed by atoms with Crippen LogP contribution >= 0.6 is 0 Å². The van der Waals surface area contributed by atoms with E-state index in [1.165, 1.54) is 7.05 Å². The normalized spacial score (nSPS) is 22.6. The highest BCUT2D eigenvalue weighted by Crippen LogP contribution is 2.33. The second-order valence-corrected chi connectivity index (χ2v) is 8.60. The topological polar surface area (TPSA) is 70.5 Å². The Balaban J connectivity index is 1.26. The van der Waals surface area contributed by atoms with Crippen LogP contribution in [-0.2, 0) is 24.4 Å². The minimum absolute atomic E-state index is 0.00825. The summed E-state index contributed by atoms with van der Waals surface area (Å²) in [4.78, 5) is 27.9. The second kappa shape index (κ2) is 7.21. The second-order valence-electron chi connectivity index (χ2n) is 8.60. The van der Waals surface area contributed by atoms with E-state index in [0.29, 0.717) is 44.7 Å². The minimum Gasteiger partial charge on any atom is -0.347 e. The molecule has 1 spiro atoms. The van der Waals surface area contributed by atoms with Crippen molar-refractivity contribution in [3.63, 3.8) is 0 Å². The summed E-state index contributed by atoms with van der Waals surface area (Å²) in [5.74, 6) is 0.280. The van der Waals surface area contributed by atoms with Crippen LogP contribution in [0, 0.1) is 5.92 Å². The molecular formula is C19H26F3N5O2. The molecule has 3 aliphatic heterocycles. The van der Waals surface area contributed by atoms with Gasteiger partial charge in [-0.3, -0.25) is 9.48 Å². The fraction of sp³-hybridized carbons (Fsp3) is 0.737. The molecule has 0 atom stereocenters. The predicted octanol–water partition coefficient (Wildman–Crippen LogP) is 2.17. The van der Waals surface area contributed by atoms with Crippen LogP contribution in [0.2, 0.25) is 0 Å². The lowest BCUT2D eigenvalue weighted by Crippen LogP contribution is -2.73. The number of alkyl halides is 3. The van der Waals surface area contributed by atoms with Gasteiger partial charge in [0.15, 0.2) is 0 Å². The van der Waals surface area contributed by atoms with Crippen LogP contribution in [0.1, 0.15) is 43.5 Å². The standard InChI is InChI=1S/C19H26F3N5O2/c1-25-15(19(20,21)22)10-14(24-25)9-13-4-7-26(8-5-13)17(29)27-11-18(12-27)6-2-3-16(28)23-18/h10,13H,2-9,11-12H2,1H3,(H,23,28). The Morgan fingerprint density at radius 1 is 1.28 bits per heavy atom. The van der Waals surface area contributed by atoms with Crippen LogP contribution in [-0.4, -0.2) is 63.2 Å². The molecule has 160 valence electrons. The summed E-state index contributed by atoms with van der Waals surface area (Å²) in [5, 5.41) is 7.03. The first-order chi connectivity index (χ1) is 13.7. The predicted molar refractivity (Wildman–Crippen MR) is 97.9 cm³/mol. The molecule has 10 heteroatoms. The number of hydrogen-bond donors (Lipinski definition) is 1. The number of carbonyl (C=O) groups excluding carboxylic acids is 2. The third-order valence-corrected chi connectivity index (χ3v) is 6.33. The Morgan fingerprint density at radius 2 is 1.97 bits per heavy atom. The molecule has 3 fully saturated rings. The van der Waals surface area contributed by atoms with E-state index >= 15 is 0 Å². The van der Waals surface area contributed by atoms with Gasteiger partial charge in [0.05, 0.1) is 11.2 Å². The zero-order valence-electron chi connectivity index (χ0n) is 16.5. The molecule has 7 nitrogen and oxygen atoms in total. The first kappa shape index (κ1) is 20.0. The molecule has 0 saturated carbocycles. The fourth-order valence-electron chi connectivity index (χ4n) is 4.78. The Morgan fingerprint density at radius 3 is 2.55 bits per heavy atom. The lowest BCUT2D eigenvalue weighted by Gasteiger charge is -2.53. The average Bonchev–Trinajstić information content (AvgIpc) is 3.00. The third kappa shape index (κ3) is 4.06. The van der Waals surface area contributed by atoms with Gasteiger partial charge in [0.2, 0.25) is 5.91 Å². The number of aromatic nitrogens is 2. The number of urea groups is 1. The van der Waals surface area contributed by atoms with Gasteiger partial charge in [-0.25, -0.2) is 4.79 Å². The number of piperidine rings is 2. The van der Waals surface area contributed by atoms with Gasteiger partial charge in [-0.05, 0) is 44.1 Å². The van der Waals surface area contributed by atoms with Gasteiger partial charge in [-0.1, -0.05) is 0 Å². The summed E-state index contributed by atoms with van der Waals surface area (Å²) in [7, 11) is 1.31. The zero-order valence-corrected chi connectivity index (χ0v) is 16.5. The molecule has 4 rings (SSSR count). The molecule has 29 heavy (non-hydrogen) atoms. The maximum Gasteiger partial charge on any atom is 0.433 e. The van der Waals surface area contributed by atoms with Gasteiger partial charge >= 0.3 is 12.2 Å². The maximum atomic E-state index is 12.9. The number of aryl methyl sites for hydroxylation is 1. The van der Waals surface area contributed by atoms with Crippen LogP contribution in [0.15, 0.2) is 6.07 Å². The van der Waals surface area contributed by atoms with E-state index in [1.807, 2.05) is 4.90 Å². The van der Waals surface area contributed by atoms with E-state index < -0.39 is 11.9 Å². The van der Waals surface area contributed by atoms with Gasteiger partial charge in [0.25, 0.3) is 0 Å². The molecule has 0 unspecified atom stereocenters. The number of likely N-dealkylation sites (tertiary alicyclic amines) is 2. The van der Waals surface area contributed by atoms with Crippen molar-refractivity contribution in [3.05, 3.63) is 17.5 Å². The summed E-state index contributed by atoms with van der Waals surface area (Å²) in [6.07, 6.45) is -0.0763. The molecule has 1 aromatic heterocycles. The summed E-state index contributed by atoms with van der Waals surface area (Å²) in [6, 6.07) is 1.11. The first-order valence-electron chi connectivity index (χ1n) is 10.1. The van der Waals surface area contributed by atoms with Crippen molar-refractivity contribution >= 4 is 11.9 Å². The monoisotopic (exact) mass is 413 g/mol. The fourth-order valence-corrected chi connectivity index (χ4v) is 4.78. The molecule has 0 bridgehead atoms. The van der Waals surface area contributed by atoms with E-state index in [2.05, 4.69) is 10.4 Å². The van der Waals surface area contributed by atoms with E-state index in [1.54, 1.807) is 4.90 Å². The maximum absolute atomic E-state index is 12.9. The number of hydrogen-bond acceptors (Lipinski definition) is 3. The smallest absolute Gasteiger partial charge is 0.347 e. The van der Waals surface area contributed by atoms with Crippen molar-refractivity contribution in [3.8, 4) is 0 Å². The van der Waals surface area contributed by atoms with Crippen molar-refractivity contribution < 1.29 is 22.8 Å². The Bertz CT molecular complexity index is 792. The van der Waals surface area contributed by atoms with Gasteiger partial charge in [0, 0.05) is 39.6 Å². The summed E-state index contributed by atoms with van der Waals surface area (Å²) >= 11 is 0. The number of rotatable bonds is 2. The highest BCUT2D eigenvalue weighted by Gasteiger charge is 2.48. The number of halogens is 3. The largest absolute Gasteiger partial charge is 0.433 e. The molecule has 3 saturated heterocycles. The molecule has 0 aromatic carbocycles. The molecule has 0 aliphatic carbocycles. The Hall–Kier alpha value is -2.26. The van der Waals surface area contributed by atoms with E-state index in [9.17, 15) is 22.8 Å². The lowest BCUT2D eigenvalue weighted by molar-refractivity contribution is -0.143. The summed E-state index contributed by atoms with van der Waals surface area (Å²) in [6.45, 7) is 2.31. The highest BCUT2D eigenvalue weighted by atomic mass is 19.4. The number of carbonyl (C=O) groups is 2. The van der Waals surface area contributed by atoms with Crippen LogP contribution in [0.4, 0.5) is 18.0 Å². The summed E-state index contributed by atoms with van der Waals surface area (Å²) in [5.41, 5.74) is -0.526. The van der Waals surface area contributed by atoms with E-state index in [4.69, 9.17) is 0 Å². The summed E-state index contributed by atoms with van der Waals surface area (Å²) < 4.78 is 39.6. The molecule has 1 aromatic rings. The number of nitrogens with one attached hydrogen (secondary N) is 1. The van der Waals surface area contributed by atoms with E-state index in [-0.39, 0.29) is 23.4 Å². The highest BCUT2D eigenvalue weighted by molar-refractivity contribution is 5.80. The van der Waals surface area contributed by atoms with Crippen LogP contribution in [0.5, 0.6) is 0 Å². The Labute approximate surface area is 167 Å². The van der Waals surface area contributed by atoms with Gasteiger partial charge in [-0.15, -0.1) is 0 Å².